The van der Waals surface area contributed by atoms with E-state index in [1.807, 2.05) is 6.08 Å². The van der Waals surface area contributed by atoms with E-state index in [9.17, 15) is 21.8 Å². The van der Waals surface area contributed by atoms with E-state index in [0.717, 1.165) is 10.5 Å². The summed E-state index contributed by atoms with van der Waals surface area (Å²) in [6, 6.07) is 6.58. The zero-order chi connectivity index (χ0) is 31.3. The lowest BCUT2D eigenvalue weighted by Gasteiger charge is -2.30. The predicted molar refractivity (Wildman–Crippen MR) is 159 cm³/mol. The topological polar surface area (TPSA) is 155 Å². The lowest BCUT2D eigenvalue weighted by atomic mass is 9.99. The number of fused-ring (bicyclic) bond motifs is 1. The van der Waals surface area contributed by atoms with Gasteiger partial charge in [0, 0.05) is 29.0 Å². The minimum absolute atomic E-state index is 0.0534. The number of aromatic amines is 1. The third kappa shape index (κ3) is 8.06. The Morgan fingerprint density at radius 1 is 1.21 bits per heavy atom. The fourth-order valence-corrected chi connectivity index (χ4v) is 5.69. The number of sulfone groups is 1. The predicted octanol–water partition coefficient (Wildman–Crippen LogP) is 3.47. The molecule has 3 rings (SSSR count). The van der Waals surface area contributed by atoms with Crippen LogP contribution >= 0.6 is 7.82 Å². The fourth-order valence-electron chi connectivity index (χ4n) is 4.44. The van der Waals surface area contributed by atoms with E-state index < -0.39 is 43.3 Å². The molecule has 0 fully saturated rings. The summed E-state index contributed by atoms with van der Waals surface area (Å²) in [5, 5.41) is 1.86. The van der Waals surface area contributed by atoms with Crippen LogP contribution in [0.15, 0.2) is 53.1 Å². The molecule has 0 saturated heterocycles. The normalized spacial score (nSPS) is 13.8. The highest BCUT2D eigenvalue weighted by molar-refractivity contribution is 7.91. The number of nitrogens with one attached hydrogen (secondary N) is 1. The zero-order valence-electron chi connectivity index (χ0n) is 23.6. The summed E-state index contributed by atoms with van der Waals surface area (Å²) in [6.07, 6.45) is 2.54. The molecule has 0 unspecified atom stereocenters. The number of phosphoric acid groups is 1. The minimum Gasteiger partial charge on any atom is -0.491 e. The van der Waals surface area contributed by atoms with Crippen molar-refractivity contribution in [2.24, 2.45) is 5.73 Å². The van der Waals surface area contributed by atoms with Gasteiger partial charge in [0.1, 0.15) is 5.75 Å². The molecular weight excluding hydrogens is 591 g/mol. The Kier molecular flexibility index (Phi) is 10.7. The summed E-state index contributed by atoms with van der Waals surface area (Å²) in [5.74, 6) is 0.232. The van der Waals surface area contributed by atoms with Crippen LogP contribution in [-0.2, 0) is 18.9 Å². The van der Waals surface area contributed by atoms with Crippen molar-refractivity contribution in [3.8, 4) is 16.9 Å². The molecule has 0 aliphatic carbocycles. The van der Waals surface area contributed by atoms with Crippen molar-refractivity contribution in [2.75, 3.05) is 32.1 Å². The Balaban J connectivity index is 2.00. The van der Waals surface area contributed by atoms with E-state index in [0.29, 0.717) is 32.6 Å². The summed E-state index contributed by atoms with van der Waals surface area (Å²) < 4.78 is 76.0. The number of alkyl halides is 2. The highest BCUT2D eigenvalue weighted by Gasteiger charge is 2.36. The molecule has 0 aliphatic rings. The van der Waals surface area contributed by atoms with Gasteiger partial charge < -0.3 is 25.2 Å². The highest BCUT2D eigenvalue weighted by Crippen LogP contribution is 2.36. The maximum Gasteiger partial charge on any atom is 0.469 e. The molecule has 2 aromatic carbocycles. The molecule has 230 valence electrons. The second-order valence-corrected chi connectivity index (χ2v) is 13.1. The fraction of sp³-hybridized carbons (Fsp3) is 0.357. The van der Waals surface area contributed by atoms with Gasteiger partial charge in [-0.15, -0.1) is 0 Å². The van der Waals surface area contributed by atoms with Crippen LogP contribution in [0.2, 0.25) is 0 Å². The molecule has 14 heteroatoms. The number of H-pyrrole nitrogens is 1. The first-order valence-electron chi connectivity index (χ1n) is 13.2. The number of ether oxygens (including phenoxy) is 1. The minimum atomic E-state index is -4.77. The van der Waals surface area contributed by atoms with E-state index >= 15 is 0 Å². The molecule has 0 aliphatic heterocycles. The molecule has 3 aromatic rings. The van der Waals surface area contributed by atoms with Crippen LogP contribution in [0.25, 0.3) is 34.7 Å². The largest absolute Gasteiger partial charge is 0.491 e. The number of halogens is 2. The summed E-state index contributed by atoms with van der Waals surface area (Å²) in [6.45, 7) is 7.54. The number of phosphoric ester groups is 1. The summed E-state index contributed by atoms with van der Waals surface area (Å²) in [4.78, 5) is 21.7. The first kappa shape index (κ1) is 33.4. The van der Waals surface area contributed by atoms with Gasteiger partial charge in [-0.05, 0) is 60.2 Å². The Bertz CT molecular complexity index is 1720. The van der Waals surface area contributed by atoms with Crippen LogP contribution in [0.3, 0.4) is 0 Å². The number of aromatic nitrogens is 1. The molecule has 0 amide bonds. The Morgan fingerprint density at radius 2 is 1.93 bits per heavy atom. The molecule has 1 heterocycles. The van der Waals surface area contributed by atoms with Crippen molar-refractivity contribution in [3.63, 3.8) is 0 Å². The zero-order valence-corrected chi connectivity index (χ0v) is 25.4. The number of hydrogen-bond donors (Lipinski definition) is 4. The Hall–Kier alpha value is -3.06. The van der Waals surface area contributed by atoms with Gasteiger partial charge in [-0.3, -0.25) is 4.52 Å². The Labute approximate surface area is 243 Å². The summed E-state index contributed by atoms with van der Waals surface area (Å²) in [7, 11) is -8.24. The van der Waals surface area contributed by atoms with E-state index in [-0.39, 0.29) is 29.5 Å². The monoisotopic (exact) mass is 627 g/mol. The molecule has 0 radical (unpaired) electrons. The maximum atomic E-state index is 14.9. The van der Waals surface area contributed by atoms with E-state index in [1.54, 1.807) is 44.2 Å². The van der Waals surface area contributed by atoms with Crippen LogP contribution < -0.4 is 21.0 Å². The van der Waals surface area contributed by atoms with Crippen LogP contribution in [0.4, 0.5) is 8.78 Å². The average Bonchev–Trinajstić information content (AvgIpc) is 3.26. The number of rotatable bonds is 14. The van der Waals surface area contributed by atoms with Crippen molar-refractivity contribution in [1.82, 2.24) is 9.88 Å². The Morgan fingerprint density at radius 3 is 2.55 bits per heavy atom. The van der Waals surface area contributed by atoms with Gasteiger partial charge in [0.2, 0.25) is 0 Å². The number of benzene rings is 2. The van der Waals surface area contributed by atoms with Crippen molar-refractivity contribution in [1.29, 1.82) is 0 Å². The quantitative estimate of drug-likeness (QED) is 0.155. The third-order valence-corrected chi connectivity index (χ3v) is 8.93. The van der Waals surface area contributed by atoms with Crippen LogP contribution in [0.5, 0.6) is 5.75 Å². The maximum absolute atomic E-state index is 14.9. The smallest absolute Gasteiger partial charge is 0.469 e. The molecule has 42 heavy (non-hydrogen) atoms. The molecule has 0 spiro atoms. The standard InChI is InChI=1S/C28H36F2N3O7PS/c1-5-33(13-15-40-41(34,35)36)28(29,30)12-14-39-25-11-10-23(21-8-7-9-22(17-21)42(37,38)6-2)26-24(16-19(3)18-31)20(4)32-27(25)26/h7-11,16-18,32H,4-6,12-15,31H2,1-3H3,(H2,34,35,36)/b19-18-,24-16+. The number of likely N-dealkylation sites (N-methyl/N-ethyl adjacent to an activating group) is 1. The second kappa shape index (κ2) is 13.5. The van der Waals surface area contributed by atoms with E-state index in [2.05, 4.69) is 16.1 Å². The highest BCUT2D eigenvalue weighted by atomic mass is 32.2. The molecule has 0 bridgehead atoms. The number of hydrogen-bond acceptors (Lipinski definition) is 7. The SMILES string of the molecule is C=c1[nH]c2c(OCCC(F)(F)N(CC)CCOP(=O)(O)O)ccc(-c3cccc(S(=O)(=O)CC)c3)c2/c1=C/C(C)=C\N. The van der Waals surface area contributed by atoms with Gasteiger partial charge in [-0.1, -0.05) is 32.6 Å². The molecule has 0 saturated carbocycles. The first-order chi connectivity index (χ1) is 19.6. The third-order valence-electron chi connectivity index (χ3n) is 6.68. The van der Waals surface area contributed by atoms with Gasteiger partial charge in [-0.2, -0.15) is 8.78 Å². The molecular formula is C28H36F2N3O7PS. The van der Waals surface area contributed by atoms with E-state index in [1.165, 1.54) is 19.2 Å². The molecule has 10 nitrogen and oxygen atoms in total. The van der Waals surface area contributed by atoms with Crippen molar-refractivity contribution < 1.29 is 40.8 Å². The van der Waals surface area contributed by atoms with Crippen molar-refractivity contribution in [3.05, 3.63) is 58.7 Å². The lowest BCUT2D eigenvalue weighted by Crippen LogP contribution is -2.44. The number of allylic oxidation sites excluding steroid dienone is 1. The molecule has 0 atom stereocenters. The molecule has 1 aromatic heterocycles. The first-order valence-corrected chi connectivity index (χ1v) is 16.3. The second-order valence-electron chi connectivity index (χ2n) is 9.53. The van der Waals surface area contributed by atoms with Gasteiger partial charge in [0.05, 0.1) is 35.8 Å². The van der Waals surface area contributed by atoms with Crippen LogP contribution in [0.1, 0.15) is 27.2 Å². The van der Waals surface area contributed by atoms with Gasteiger partial charge in [0.25, 0.3) is 0 Å². The molecule has 5 N–H and O–H groups in total. The van der Waals surface area contributed by atoms with Crippen molar-refractivity contribution in [2.45, 2.75) is 38.1 Å². The van der Waals surface area contributed by atoms with Crippen LogP contribution in [0, 0.1) is 0 Å². The van der Waals surface area contributed by atoms with Crippen LogP contribution in [-0.4, -0.2) is 66.2 Å². The summed E-state index contributed by atoms with van der Waals surface area (Å²) in [5.41, 5.74) is 8.24. The van der Waals surface area contributed by atoms with Gasteiger partial charge in [0.15, 0.2) is 9.84 Å². The van der Waals surface area contributed by atoms with Gasteiger partial charge in [-0.25, -0.2) is 17.9 Å². The average molecular weight is 628 g/mol. The van der Waals surface area contributed by atoms with Crippen molar-refractivity contribution >= 4 is 41.2 Å². The lowest BCUT2D eigenvalue weighted by molar-refractivity contribution is -0.156. The number of nitrogens with zero attached hydrogens (tertiary/aromatic N) is 1. The van der Waals surface area contributed by atoms with Gasteiger partial charge >= 0.3 is 13.9 Å². The number of nitrogens with two attached hydrogens (primary N) is 1. The summed E-state index contributed by atoms with van der Waals surface area (Å²) >= 11 is 0. The van der Waals surface area contributed by atoms with E-state index in [4.69, 9.17) is 20.3 Å².